The quantitative estimate of drug-likeness (QED) is 0.0654. The van der Waals surface area contributed by atoms with E-state index in [-0.39, 0.29) is 84.1 Å². The van der Waals surface area contributed by atoms with Gasteiger partial charge in [-0.25, -0.2) is 0 Å². The second-order valence-electron chi connectivity index (χ2n) is 9.08. The number of allylic oxidation sites excluding steroid dienone is 1. The number of aliphatic carboxylic acids is 2. The predicted molar refractivity (Wildman–Crippen MR) is 145 cm³/mol. The van der Waals surface area contributed by atoms with Crippen LogP contribution in [-0.4, -0.2) is 58.6 Å². The number of carbonyl (C=O) groups is 3. The fraction of sp³-hybridized carbons (Fsp3) is 0.536. The van der Waals surface area contributed by atoms with Gasteiger partial charge >= 0.3 is 59.1 Å². The summed E-state index contributed by atoms with van der Waals surface area (Å²) in [6.45, 7) is 1.50. The Labute approximate surface area is 286 Å². The molecule has 0 aliphatic rings. The summed E-state index contributed by atoms with van der Waals surface area (Å²) < 4.78 is 0. The molecule has 0 radical (unpaired) electrons. The van der Waals surface area contributed by atoms with Crippen molar-refractivity contribution < 1.29 is 93.9 Å². The predicted octanol–water partition coefficient (Wildman–Crippen LogP) is -5.16. The van der Waals surface area contributed by atoms with E-state index in [0.29, 0.717) is 6.42 Å². The zero-order valence-electron chi connectivity index (χ0n) is 23.9. The summed E-state index contributed by atoms with van der Waals surface area (Å²) in [4.78, 5) is 33.4. The Bertz CT molecular complexity index is 934. The molecular weight excluding hydrogens is 554 g/mol. The van der Waals surface area contributed by atoms with Crippen molar-refractivity contribution in [3.63, 3.8) is 0 Å². The van der Waals surface area contributed by atoms with Gasteiger partial charge in [0.15, 0.2) is 0 Å². The normalized spacial score (nSPS) is 14.1. The number of aliphatic hydroxyl groups excluding tert-OH is 2. The molecule has 5 N–H and O–H groups in total. The van der Waals surface area contributed by atoms with E-state index in [1.807, 2.05) is 30.3 Å². The van der Waals surface area contributed by atoms with Crippen molar-refractivity contribution in [1.82, 2.24) is 5.32 Å². The van der Waals surface area contributed by atoms with Crippen molar-refractivity contribution in [3.05, 3.63) is 53.6 Å². The van der Waals surface area contributed by atoms with E-state index in [0.717, 1.165) is 24.0 Å². The van der Waals surface area contributed by atoms with Gasteiger partial charge in [-0.15, -0.1) is 11.8 Å². The molecule has 1 rings (SSSR count). The molecule has 212 valence electrons. The van der Waals surface area contributed by atoms with E-state index in [1.165, 1.54) is 24.6 Å². The van der Waals surface area contributed by atoms with E-state index in [2.05, 4.69) is 18.3 Å². The maximum atomic E-state index is 12.0. The summed E-state index contributed by atoms with van der Waals surface area (Å²) in [5, 5.41) is 44.1. The van der Waals surface area contributed by atoms with Crippen LogP contribution in [0.5, 0.6) is 0 Å². The molecular formula is C28H40N2Na2O7S. The van der Waals surface area contributed by atoms with E-state index >= 15 is 0 Å². The average Bonchev–Trinajstić information content (AvgIpc) is 2.88. The first-order valence-corrected chi connectivity index (χ1v) is 14.0. The van der Waals surface area contributed by atoms with E-state index in [4.69, 9.17) is 5.73 Å². The molecule has 4 atom stereocenters. The van der Waals surface area contributed by atoms with Gasteiger partial charge in [-0.3, -0.25) is 4.79 Å². The van der Waals surface area contributed by atoms with Crippen molar-refractivity contribution in [2.45, 2.75) is 81.8 Å². The molecule has 40 heavy (non-hydrogen) atoms. The third-order valence-corrected chi connectivity index (χ3v) is 7.19. The number of thioether (sulfide) groups is 1. The Kier molecular flexibility index (Phi) is 25.8. The smallest absolute Gasteiger partial charge is 0.550 e. The average molecular weight is 595 g/mol. The van der Waals surface area contributed by atoms with Crippen LogP contribution in [0.25, 0.3) is 6.08 Å². The Morgan fingerprint density at radius 2 is 1.80 bits per heavy atom. The van der Waals surface area contributed by atoms with Gasteiger partial charge in [-0.2, -0.15) is 0 Å². The van der Waals surface area contributed by atoms with Crippen molar-refractivity contribution in [2.24, 2.45) is 5.73 Å². The van der Waals surface area contributed by atoms with Gasteiger partial charge in [0, 0.05) is 11.7 Å². The molecule has 0 aliphatic heterocycles. The first-order chi connectivity index (χ1) is 18.1. The number of amides is 1. The molecule has 0 heterocycles. The van der Waals surface area contributed by atoms with Gasteiger partial charge in [-0.05, 0) is 49.7 Å². The number of benzene rings is 1. The molecule has 12 heteroatoms. The third kappa shape index (κ3) is 19.5. The molecule has 0 bridgehead atoms. The molecule has 0 fully saturated rings. The Morgan fingerprint density at radius 1 is 1.07 bits per heavy atom. The second kappa shape index (κ2) is 24.9. The SMILES string of the molecule is CCCCCC=CCC(O)C=Cc1cccc(C(SC[C@H](N)C(=O)NCC(=O)[O-])C(O)CCCC(=O)[O-])c1.[Na+].[Na+]. The Morgan fingerprint density at radius 3 is 2.45 bits per heavy atom. The zero-order valence-corrected chi connectivity index (χ0v) is 28.7. The zero-order chi connectivity index (χ0) is 28.3. The number of unbranched alkanes of at least 4 members (excludes halogenated alkanes) is 3. The summed E-state index contributed by atoms with van der Waals surface area (Å²) in [7, 11) is 0. The maximum Gasteiger partial charge on any atom is 1.00 e. The molecule has 0 spiro atoms. The molecule has 0 saturated heterocycles. The summed E-state index contributed by atoms with van der Waals surface area (Å²) >= 11 is 1.22. The van der Waals surface area contributed by atoms with Gasteiger partial charge in [0.2, 0.25) is 5.91 Å². The van der Waals surface area contributed by atoms with Gasteiger partial charge in [0.1, 0.15) is 0 Å². The van der Waals surface area contributed by atoms with Crippen LogP contribution in [0.4, 0.5) is 0 Å². The summed E-state index contributed by atoms with van der Waals surface area (Å²) in [5.41, 5.74) is 7.44. The summed E-state index contributed by atoms with van der Waals surface area (Å²) in [6.07, 6.45) is 11.2. The van der Waals surface area contributed by atoms with Crippen LogP contribution in [0.1, 0.15) is 74.7 Å². The largest absolute Gasteiger partial charge is 1.00 e. The number of nitrogens with one attached hydrogen (secondary N) is 1. The second-order valence-corrected chi connectivity index (χ2v) is 10.3. The summed E-state index contributed by atoms with van der Waals surface area (Å²) in [6, 6.07) is 6.31. The molecule has 3 unspecified atom stereocenters. The van der Waals surface area contributed by atoms with Crippen LogP contribution in [0.15, 0.2) is 42.5 Å². The van der Waals surface area contributed by atoms with Gasteiger partial charge in [-0.1, -0.05) is 68.3 Å². The minimum atomic E-state index is -1.43. The molecule has 0 saturated carbocycles. The fourth-order valence-corrected chi connectivity index (χ4v) is 4.88. The van der Waals surface area contributed by atoms with E-state index in [1.54, 1.807) is 12.2 Å². The minimum Gasteiger partial charge on any atom is -0.550 e. The van der Waals surface area contributed by atoms with Crippen molar-refractivity contribution in [1.29, 1.82) is 0 Å². The maximum absolute atomic E-state index is 12.0. The van der Waals surface area contributed by atoms with E-state index in [9.17, 15) is 34.8 Å². The number of nitrogens with two attached hydrogens (primary N) is 1. The molecule has 1 amide bonds. The van der Waals surface area contributed by atoms with Gasteiger partial charge in [0.25, 0.3) is 0 Å². The minimum absolute atomic E-state index is 0. The molecule has 0 aromatic heterocycles. The van der Waals surface area contributed by atoms with Gasteiger partial charge in [0.05, 0.1) is 36.0 Å². The number of carboxylic acids is 2. The number of hydrogen-bond donors (Lipinski definition) is 4. The Hall–Kier alpha value is -0.660. The fourth-order valence-electron chi connectivity index (χ4n) is 3.62. The van der Waals surface area contributed by atoms with Crippen LogP contribution in [0, 0.1) is 0 Å². The first kappa shape index (κ1) is 41.5. The van der Waals surface area contributed by atoms with Crippen LogP contribution >= 0.6 is 11.8 Å². The molecule has 1 aromatic carbocycles. The van der Waals surface area contributed by atoms with Crippen molar-refractivity contribution in [3.8, 4) is 0 Å². The monoisotopic (exact) mass is 594 g/mol. The summed E-state index contributed by atoms with van der Waals surface area (Å²) in [5.74, 6) is -3.20. The van der Waals surface area contributed by atoms with Crippen molar-refractivity contribution in [2.75, 3.05) is 12.3 Å². The van der Waals surface area contributed by atoms with E-state index < -0.39 is 47.9 Å². The topological polar surface area (TPSA) is 176 Å². The first-order valence-electron chi connectivity index (χ1n) is 13.0. The van der Waals surface area contributed by atoms with Crippen LogP contribution < -0.4 is 80.4 Å². The molecule has 0 aliphatic carbocycles. The van der Waals surface area contributed by atoms with Crippen LogP contribution in [-0.2, 0) is 14.4 Å². The number of hydrogen-bond acceptors (Lipinski definition) is 9. The number of carbonyl (C=O) groups excluding carboxylic acids is 3. The van der Waals surface area contributed by atoms with Gasteiger partial charge < -0.3 is 41.1 Å². The van der Waals surface area contributed by atoms with Crippen LogP contribution in [0.3, 0.4) is 0 Å². The Balaban J connectivity index is 0. The number of carboxylic acid groups (broad SMARTS) is 2. The molecule has 9 nitrogen and oxygen atoms in total. The third-order valence-electron chi connectivity index (χ3n) is 5.70. The molecule has 1 aromatic rings. The number of rotatable bonds is 20. The number of aliphatic hydroxyl groups is 2. The van der Waals surface area contributed by atoms with Crippen molar-refractivity contribution >= 4 is 35.7 Å². The van der Waals surface area contributed by atoms with Crippen LogP contribution in [0.2, 0.25) is 0 Å². The standard InChI is InChI=1S/C28H42N2O7S.2Na/c1-2-3-4-5-6-7-12-22(31)16-15-20-10-8-11-21(17-20)27(24(32)13-9-14-25(33)34)38-19-23(29)28(37)30-18-26(35)36;;/h6-8,10-11,15-17,22-24,27,31-32H,2-5,9,12-14,18-19,29H2,1H3,(H,30,37)(H,33,34)(H,35,36);;/q;2*+1/p-2/t22?,23-,24?,27?;;/m0../s1.